The van der Waals surface area contributed by atoms with Crippen LogP contribution in [0, 0.1) is 0 Å². The SMILES string of the molecule is C=Cc1ccc(S(=O)(=O)O)cc1.[Ag]. The van der Waals surface area contributed by atoms with Gasteiger partial charge in [-0.15, -0.1) is 0 Å². The quantitative estimate of drug-likeness (QED) is 0.665. The van der Waals surface area contributed by atoms with Crippen molar-refractivity contribution in [1.29, 1.82) is 0 Å². The maximum absolute atomic E-state index is 10.6. The van der Waals surface area contributed by atoms with Crippen molar-refractivity contribution >= 4 is 16.2 Å². The van der Waals surface area contributed by atoms with Crippen LogP contribution in [0.4, 0.5) is 0 Å². The summed E-state index contributed by atoms with van der Waals surface area (Å²) >= 11 is 0. The molecule has 1 aromatic carbocycles. The van der Waals surface area contributed by atoms with Gasteiger partial charge in [-0.1, -0.05) is 24.8 Å². The third-order valence-electron chi connectivity index (χ3n) is 1.41. The van der Waals surface area contributed by atoms with Crippen LogP contribution >= 0.6 is 0 Å². The van der Waals surface area contributed by atoms with E-state index in [9.17, 15) is 8.42 Å². The maximum Gasteiger partial charge on any atom is 0.294 e. The van der Waals surface area contributed by atoms with E-state index in [0.717, 1.165) is 5.56 Å². The summed E-state index contributed by atoms with van der Waals surface area (Å²) in [7, 11) is -4.06. The molecule has 1 aromatic rings. The molecule has 0 atom stereocenters. The van der Waals surface area contributed by atoms with Crippen molar-refractivity contribution < 1.29 is 35.4 Å². The summed E-state index contributed by atoms with van der Waals surface area (Å²) in [4.78, 5) is -0.104. The summed E-state index contributed by atoms with van der Waals surface area (Å²) in [5.41, 5.74) is 0.808. The van der Waals surface area contributed by atoms with Gasteiger partial charge in [0.05, 0.1) is 4.90 Å². The summed E-state index contributed by atoms with van der Waals surface area (Å²) in [6, 6.07) is 5.78. The largest absolute Gasteiger partial charge is 0.294 e. The molecule has 0 saturated carbocycles. The van der Waals surface area contributed by atoms with Crippen LogP contribution in [0.5, 0.6) is 0 Å². The summed E-state index contributed by atoms with van der Waals surface area (Å²) in [6.45, 7) is 3.51. The van der Waals surface area contributed by atoms with Gasteiger partial charge in [0.2, 0.25) is 0 Å². The van der Waals surface area contributed by atoms with Crippen LogP contribution in [0.25, 0.3) is 6.08 Å². The van der Waals surface area contributed by atoms with E-state index in [4.69, 9.17) is 4.55 Å². The molecule has 75 valence electrons. The first-order valence-electron chi connectivity index (χ1n) is 3.24. The minimum Gasteiger partial charge on any atom is -0.282 e. The van der Waals surface area contributed by atoms with Crippen LogP contribution in [0.1, 0.15) is 5.56 Å². The molecule has 0 amide bonds. The van der Waals surface area contributed by atoms with Gasteiger partial charge < -0.3 is 0 Å². The molecule has 5 heteroatoms. The second-order valence-corrected chi connectivity index (χ2v) is 3.67. The normalized spacial score (nSPS) is 10.2. The van der Waals surface area contributed by atoms with Crippen LogP contribution in [-0.4, -0.2) is 13.0 Å². The minimum absolute atomic E-state index is 0. The molecule has 0 fully saturated rings. The van der Waals surface area contributed by atoms with Crippen LogP contribution in [0.2, 0.25) is 0 Å². The van der Waals surface area contributed by atoms with Crippen molar-refractivity contribution in [2.45, 2.75) is 4.90 Å². The fraction of sp³-hybridized carbons (Fsp3) is 0. The van der Waals surface area contributed by atoms with Gasteiger partial charge in [-0.3, -0.25) is 4.55 Å². The van der Waals surface area contributed by atoms with Crippen LogP contribution in [-0.2, 0) is 32.5 Å². The number of benzene rings is 1. The summed E-state index contributed by atoms with van der Waals surface area (Å²) in [5, 5.41) is 0. The van der Waals surface area contributed by atoms with Gasteiger partial charge in [0.15, 0.2) is 0 Å². The summed E-state index contributed by atoms with van der Waals surface area (Å²) in [5.74, 6) is 0. The molecule has 1 rings (SSSR count). The van der Waals surface area contributed by atoms with E-state index in [1.165, 1.54) is 12.1 Å². The van der Waals surface area contributed by atoms with Crippen LogP contribution in [0.3, 0.4) is 0 Å². The average molecular weight is 292 g/mol. The van der Waals surface area contributed by atoms with Gasteiger partial charge in [-0.25, -0.2) is 0 Å². The average Bonchev–Trinajstić information content (AvgIpc) is 2.03. The van der Waals surface area contributed by atoms with E-state index < -0.39 is 10.1 Å². The van der Waals surface area contributed by atoms with Crippen molar-refractivity contribution in [2.75, 3.05) is 0 Å². The van der Waals surface area contributed by atoms with Gasteiger partial charge >= 0.3 is 0 Å². The molecule has 1 N–H and O–H groups in total. The summed E-state index contributed by atoms with van der Waals surface area (Å²) < 4.78 is 29.7. The van der Waals surface area contributed by atoms with E-state index in [0.29, 0.717) is 0 Å². The Bertz CT molecular complexity index is 380. The van der Waals surface area contributed by atoms with Crippen molar-refractivity contribution in [2.24, 2.45) is 0 Å². The van der Waals surface area contributed by atoms with Gasteiger partial charge in [0, 0.05) is 22.4 Å². The fourth-order valence-electron chi connectivity index (χ4n) is 0.776. The van der Waals surface area contributed by atoms with Crippen LogP contribution in [0.15, 0.2) is 35.7 Å². The summed E-state index contributed by atoms with van der Waals surface area (Å²) in [6.07, 6.45) is 1.59. The molecule has 0 aliphatic heterocycles. The van der Waals surface area contributed by atoms with Crippen molar-refractivity contribution in [3.63, 3.8) is 0 Å². The molecule has 0 aliphatic carbocycles. The van der Waals surface area contributed by atoms with Crippen molar-refractivity contribution in [1.82, 2.24) is 0 Å². The molecular weight excluding hydrogens is 284 g/mol. The van der Waals surface area contributed by atoms with E-state index in [1.54, 1.807) is 18.2 Å². The molecule has 0 bridgehead atoms. The second-order valence-electron chi connectivity index (χ2n) is 2.25. The Morgan fingerprint density at radius 3 is 2.00 bits per heavy atom. The Kier molecular flexibility index (Phi) is 4.60. The van der Waals surface area contributed by atoms with Gasteiger partial charge in [0.1, 0.15) is 0 Å². The monoisotopic (exact) mass is 291 g/mol. The van der Waals surface area contributed by atoms with Gasteiger partial charge in [0.25, 0.3) is 10.1 Å². The zero-order valence-electron chi connectivity index (χ0n) is 6.57. The Morgan fingerprint density at radius 1 is 1.23 bits per heavy atom. The Hall–Kier alpha value is -0.390. The molecule has 0 heterocycles. The first kappa shape index (κ1) is 12.6. The molecule has 0 spiro atoms. The zero-order chi connectivity index (χ0) is 9.19. The topological polar surface area (TPSA) is 54.4 Å². The number of hydrogen-bond acceptors (Lipinski definition) is 2. The third kappa shape index (κ3) is 3.46. The number of rotatable bonds is 2. The molecule has 3 nitrogen and oxygen atoms in total. The molecule has 0 aromatic heterocycles. The standard InChI is InChI=1S/C8H8O3S.Ag/c1-2-7-3-5-8(6-4-7)12(9,10)11;/h2-6H,1H2,(H,9,10,11);. The molecular formula is C8H8AgO3S. The molecule has 0 saturated heterocycles. The van der Waals surface area contributed by atoms with E-state index >= 15 is 0 Å². The van der Waals surface area contributed by atoms with Gasteiger partial charge in [-0.2, -0.15) is 8.42 Å². The Morgan fingerprint density at radius 2 is 1.69 bits per heavy atom. The van der Waals surface area contributed by atoms with Crippen LogP contribution < -0.4 is 0 Å². The molecule has 0 unspecified atom stereocenters. The van der Waals surface area contributed by atoms with Crippen molar-refractivity contribution in [3.8, 4) is 0 Å². The smallest absolute Gasteiger partial charge is 0.282 e. The second kappa shape index (κ2) is 4.74. The number of hydrogen-bond donors (Lipinski definition) is 1. The molecule has 0 aliphatic rings. The Labute approximate surface area is 92.7 Å². The van der Waals surface area contributed by atoms with E-state index in [1.807, 2.05) is 0 Å². The Balaban J connectivity index is 0.00000144. The third-order valence-corrected chi connectivity index (χ3v) is 2.28. The fourth-order valence-corrected chi connectivity index (χ4v) is 1.26. The minimum atomic E-state index is -4.06. The zero-order valence-corrected chi connectivity index (χ0v) is 8.87. The van der Waals surface area contributed by atoms with E-state index in [-0.39, 0.29) is 27.3 Å². The van der Waals surface area contributed by atoms with Gasteiger partial charge in [-0.05, 0) is 17.7 Å². The predicted octanol–water partition coefficient (Wildman–Crippen LogP) is 1.57. The first-order valence-corrected chi connectivity index (χ1v) is 4.68. The van der Waals surface area contributed by atoms with E-state index in [2.05, 4.69) is 6.58 Å². The van der Waals surface area contributed by atoms with Crippen molar-refractivity contribution in [3.05, 3.63) is 36.4 Å². The first-order chi connectivity index (χ1) is 5.54. The maximum atomic E-state index is 10.6. The molecule has 1 radical (unpaired) electrons. The predicted molar refractivity (Wildman–Crippen MR) is 46.3 cm³/mol. The molecule has 13 heavy (non-hydrogen) atoms.